The number of nitrogens with zero attached hydrogens (tertiary/aromatic N) is 3. The zero-order valence-electron chi connectivity index (χ0n) is 17.3. The summed E-state index contributed by atoms with van der Waals surface area (Å²) < 4.78 is 0. The highest BCUT2D eigenvalue weighted by atomic mass is 16.6. The van der Waals surface area contributed by atoms with E-state index < -0.39 is 28.2 Å². The second-order valence-electron chi connectivity index (χ2n) is 8.91. The number of amides is 3. The molecule has 6 rings (SSSR count). The second kappa shape index (κ2) is 6.23. The van der Waals surface area contributed by atoms with E-state index in [9.17, 15) is 24.5 Å². The molecular formula is C23H20N4O5. The van der Waals surface area contributed by atoms with E-state index in [2.05, 4.69) is 10.2 Å². The smallest absolute Gasteiger partial charge is 0.269 e. The third-order valence-electron chi connectivity index (χ3n) is 7.53. The highest BCUT2D eigenvalue weighted by Gasteiger charge is 2.74. The van der Waals surface area contributed by atoms with Gasteiger partial charge in [-0.15, -0.1) is 0 Å². The number of fused-ring (bicyclic) bond motifs is 7. The first-order chi connectivity index (χ1) is 15.4. The van der Waals surface area contributed by atoms with Crippen LogP contribution in [0.5, 0.6) is 0 Å². The fraction of sp³-hybridized carbons (Fsp3) is 0.348. The Morgan fingerprint density at radius 3 is 2.66 bits per heavy atom. The number of hydrogen-bond donors (Lipinski definition) is 1. The van der Waals surface area contributed by atoms with Gasteiger partial charge < -0.3 is 5.32 Å². The molecule has 4 atom stereocenters. The number of para-hydroxylation sites is 1. The molecule has 9 nitrogen and oxygen atoms in total. The van der Waals surface area contributed by atoms with E-state index in [0.29, 0.717) is 23.5 Å². The highest BCUT2D eigenvalue weighted by Crippen LogP contribution is 2.60. The minimum Gasteiger partial charge on any atom is -0.324 e. The van der Waals surface area contributed by atoms with E-state index >= 15 is 0 Å². The van der Waals surface area contributed by atoms with Crippen LogP contribution >= 0.6 is 0 Å². The lowest BCUT2D eigenvalue weighted by Crippen LogP contribution is -2.54. The summed E-state index contributed by atoms with van der Waals surface area (Å²) in [6.45, 7) is 2.29. The predicted molar refractivity (Wildman–Crippen MR) is 114 cm³/mol. The van der Waals surface area contributed by atoms with Gasteiger partial charge in [0, 0.05) is 29.4 Å². The summed E-state index contributed by atoms with van der Waals surface area (Å²) in [5.41, 5.74) is 0.911. The van der Waals surface area contributed by atoms with Gasteiger partial charge in [0.05, 0.1) is 22.4 Å². The van der Waals surface area contributed by atoms with Crippen LogP contribution in [-0.4, -0.2) is 40.1 Å². The van der Waals surface area contributed by atoms with Crippen molar-refractivity contribution < 1.29 is 19.3 Å². The zero-order valence-corrected chi connectivity index (χ0v) is 17.3. The molecule has 4 aliphatic rings. The van der Waals surface area contributed by atoms with Crippen LogP contribution in [-0.2, 0) is 19.9 Å². The van der Waals surface area contributed by atoms with Gasteiger partial charge in [-0.3, -0.25) is 29.4 Å². The van der Waals surface area contributed by atoms with Crippen molar-refractivity contribution in [1.82, 2.24) is 4.90 Å². The maximum Gasteiger partial charge on any atom is 0.269 e. The van der Waals surface area contributed by atoms with Crippen molar-refractivity contribution in [3.05, 3.63) is 63.7 Å². The Morgan fingerprint density at radius 1 is 1.12 bits per heavy atom. The van der Waals surface area contributed by atoms with Crippen molar-refractivity contribution in [1.29, 1.82) is 0 Å². The number of non-ortho nitro benzene ring substituents is 1. The molecule has 162 valence electrons. The molecule has 3 fully saturated rings. The Kier molecular flexibility index (Phi) is 3.72. The number of anilines is 2. The monoisotopic (exact) mass is 432 g/mol. The topological polar surface area (TPSA) is 113 Å². The first-order valence-corrected chi connectivity index (χ1v) is 10.7. The Bertz CT molecular complexity index is 1240. The van der Waals surface area contributed by atoms with Crippen molar-refractivity contribution in [2.24, 2.45) is 11.8 Å². The third kappa shape index (κ3) is 2.09. The van der Waals surface area contributed by atoms with Crippen LogP contribution in [0.25, 0.3) is 0 Å². The van der Waals surface area contributed by atoms with Gasteiger partial charge in [-0.1, -0.05) is 18.2 Å². The van der Waals surface area contributed by atoms with Crippen LogP contribution in [0.15, 0.2) is 42.5 Å². The molecule has 32 heavy (non-hydrogen) atoms. The van der Waals surface area contributed by atoms with E-state index in [-0.39, 0.29) is 23.5 Å². The van der Waals surface area contributed by atoms with E-state index in [1.165, 1.54) is 18.2 Å². The van der Waals surface area contributed by atoms with Gasteiger partial charge >= 0.3 is 0 Å². The lowest BCUT2D eigenvalue weighted by molar-refractivity contribution is -0.384. The number of nitro benzene ring substituents is 1. The molecule has 3 amide bonds. The molecule has 0 radical (unpaired) electrons. The summed E-state index contributed by atoms with van der Waals surface area (Å²) in [4.78, 5) is 54.9. The van der Waals surface area contributed by atoms with Gasteiger partial charge in [-0.25, -0.2) is 4.90 Å². The molecule has 2 aromatic carbocycles. The van der Waals surface area contributed by atoms with E-state index in [1.807, 2.05) is 24.3 Å². The summed E-state index contributed by atoms with van der Waals surface area (Å²) >= 11 is 0. The Balaban J connectivity index is 1.52. The second-order valence-corrected chi connectivity index (χ2v) is 8.91. The van der Waals surface area contributed by atoms with Gasteiger partial charge in [0.2, 0.25) is 17.7 Å². The summed E-state index contributed by atoms with van der Waals surface area (Å²) in [6.07, 6.45) is 1.59. The molecule has 1 spiro atoms. The van der Waals surface area contributed by atoms with Gasteiger partial charge in [0.25, 0.3) is 5.69 Å². The van der Waals surface area contributed by atoms with E-state index in [1.54, 1.807) is 6.92 Å². The molecule has 4 aliphatic heterocycles. The van der Waals surface area contributed by atoms with E-state index in [4.69, 9.17) is 0 Å². The molecule has 0 bridgehead atoms. The van der Waals surface area contributed by atoms with Crippen LogP contribution < -0.4 is 10.2 Å². The maximum atomic E-state index is 13.9. The number of aryl methyl sites for hydroxylation is 1. The summed E-state index contributed by atoms with van der Waals surface area (Å²) in [7, 11) is 0. The number of rotatable bonds is 2. The van der Waals surface area contributed by atoms with Crippen molar-refractivity contribution in [2.45, 2.75) is 31.3 Å². The number of carbonyl (C=O) groups excluding carboxylic acids is 3. The number of nitro groups is 1. The number of nitrogens with one attached hydrogen (secondary N) is 1. The van der Waals surface area contributed by atoms with Crippen molar-refractivity contribution >= 4 is 34.8 Å². The van der Waals surface area contributed by atoms with Crippen molar-refractivity contribution in [3.63, 3.8) is 0 Å². The SMILES string of the molecule is Cc1cc([N+](=O)[O-])ccc1N1C(=O)[C@@H]2[C@@H]3CCCN3[C@]3(C(=O)Nc4ccccc43)[C@H]2C1=O. The van der Waals surface area contributed by atoms with Crippen LogP contribution in [0.2, 0.25) is 0 Å². The Morgan fingerprint density at radius 2 is 1.91 bits per heavy atom. The molecule has 1 N–H and O–H groups in total. The molecule has 3 saturated heterocycles. The fourth-order valence-electron chi connectivity index (χ4n) is 6.40. The predicted octanol–water partition coefficient (Wildman–Crippen LogP) is 2.33. The van der Waals surface area contributed by atoms with Crippen molar-refractivity contribution in [2.75, 3.05) is 16.8 Å². The molecule has 0 aliphatic carbocycles. The molecule has 2 aromatic rings. The molecule has 0 unspecified atom stereocenters. The molecule has 9 heteroatoms. The average molecular weight is 432 g/mol. The van der Waals surface area contributed by atoms with Gasteiger partial charge in [-0.2, -0.15) is 0 Å². The van der Waals surface area contributed by atoms with Gasteiger partial charge in [0.15, 0.2) is 0 Å². The zero-order chi connectivity index (χ0) is 22.4. The Labute approximate surface area is 183 Å². The van der Waals surface area contributed by atoms with Crippen LogP contribution in [0.3, 0.4) is 0 Å². The van der Waals surface area contributed by atoms with Crippen LogP contribution in [0.4, 0.5) is 17.1 Å². The first-order valence-electron chi connectivity index (χ1n) is 10.7. The maximum absolute atomic E-state index is 13.9. The van der Waals surface area contributed by atoms with Crippen LogP contribution in [0, 0.1) is 28.9 Å². The summed E-state index contributed by atoms with van der Waals surface area (Å²) in [5.74, 6) is -2.47. The molecule has 4 heterocycles. The quantitative estimate of drug-likeness (QED) is 0.443. The first kappa shape index (κ1) is 19.1. The number of carbonyl (C=O) groups is 3. The normalized spacial score (nSPS) is 30.6. The lowest BCUT2D eigenvalue weighted by Gasteiger charge is -2.36. The minimum absolute atomic E-state index is 0.104. The average Bonchev–Trinajstić information content (AvgIpc) is 3.47. The molecule has 0 aromatic heterocycles. The number of hydrogen-bond acceptors (Lipinski definition) is 6. The lowest BCUT2D eigenvalue weighted by atomic mass is 9.75. The summed E-state index contributed by atoms with van der Waals surface area (Å²) in [6, 6.07) is 11.3. The number of benzene rings is 2. The third-order valence-corrected chi connectivity index (χ3v) is 7.53. The van der Waals surface area contributed by atoms with Gasteiger partial charge in [0.1, 0.15) is 5.54 Å². The van der Waals surface area contributed by atoms with Crippen LogP contribution in [0.1, 0.15) is 24.0 Å². The largest absolute Gasteiger partial charge is 0.324 e. The minimum atomic E-state index is -1.21. The Hall–Kier alpha value is -3.59. The van der Waals surface area contributed by atoms with Gasteiger partial charge in [-0.05, 0) is 44.0 Å². The highest BCUT2D eigenvalue weighted by molar-refractivity contribution is 6.26. The molecular weight excluding hydrogens is 412 g/mol. The molecule has 0 saturated carbocycles. The number of imide groups is 1. The van der Waals surface area contributed by atoms with Crippen molar-refractivity contribution in [3.8, 4) is 0 Å². The summed E-state index contributed by atoms with van der Waals surface area (Å²) in [5, 5.41) is 14.1. The standard InChI is InChI=1S/C23H20N4O5/c1-12-11-13(27(31)32)8-9-16(12)26-20(28)18-17-7-4-10-25(17)23(19(18)21(26)29)14-5-2-3-6-15(14)24-22(23)30/h2-3,5-6,8-9,11,17-19H,4,7,10H2,1H3,(H,24,30)/t17-,18+,19+,23-/m0/s1. The van der Waals surface area contributed by atoms with E-state index in [0.717, 1.165) is 23.3 Å². The fourth-order valence-corrected chi connectivity index (χ4v) is 6.40.